The molecule has 4 nitrogen and oxygen atoms in total. The standard InChI is InChI=1S/C23H23N3O/c27-23(25-16-18-5-2-1-3-6-18)15-21-10-7-20(17-24-21)19-8-11-22(12-9-19)26-13-4-14-26/h1-3,5-12,17H,4,13-16H2,(H,25,27). The highest BCUT2D eigenvalue weighted by Gasteiger charge is 2.14. The third kappa shape index (κ3) is 4.34. The van der Waals surface area contributed by atoms with Crippen LogP contribution in [-0.4, -0.2) is 24.0 Å². The van der Waals surface area contributed by atoms with E-state index >= 15 is 0 Å². The Morgan fingerprint density at radius 2 is 1.67 bits per heavy atom. The predicted molar refractivity (Wildman–Crippen MR) is 108 cm³/mol. The van der Waals surface area contributed by atoms with Gasteiger partial charge in [0.1, 0.15) is 0 Å². The van der Waals surface area contributed by atoms with Crippen LogP contribution < -0.4 is 10.2 Å². The van der Waals surface area contributed by atoms with Crippen molar-refractivity contribution in [3.8, 4) is 11.1 Å². The first-order chi connectivity index (χ1) is 13.3. The highest BCUT2D eigenvalue weighted by atomic mass is 16.1. The van der Waals surface area contributed by atoms with E-state index in [9.17, 15) is 4.79 Å². The highest BCUT2D eigenvalue weighted by Crippen LogP contribution is 2.25. The average Bonchev–Trinajstić information content (AvgIpc) is 2.67. The molecule has 1 aliphatic heterocycles. The van der Waals surface area contributed by atoms with Crippen molar-refractivity contribution in [3.63, 3.8) is 0 Å². The monoisotopic (exact) mass is 357 g/mol. The quantitative estimate of drug-likeness (QED) is 0.729. The van der Waals surface area contributed by atoms with Gasteiger partial charge in [0, 0.05) is 42.8 Å². The maximum atomic E-state index is 12.1. The Labute approximate surface area is 159 Å². The SMILES string of the molecule is O=C(Cc1ccc(-c2ccc(N3CCC3)cc2)cn1)NCc1ccccc1. The number of rotatable bonds is 6. The van der Waals surface area contributed by atoms with Gasteiger partial charge >= 0.3 is 0 Å². The Morgan fingerprint density at radius 1 is 0.926 bits per heavy atom. The molecule has 0 spiro atoms. The van der Waals surface area contributed by atoms with Crippen LogP contribution in [-0.2, 0) is 17.8 Å². The van der Waals surface area contributed by atoms with Crippen molar-refractivity contribution in [2.45, 2.75) is 19.4 Å². The molecule has 1 saturated heterocycles. The van der Waals surface area contributed by atoms with Gasteiger partial charge in [0.05, 0.1) is 6.42 Å². The summed E-state index contributed by atoms with van der Waals surface area (Å²) in [5.41, 5.74) is 5.37. The molecule has 2 heterocycles. The summed E-state index contributed by atoms with van der Waals surface area (Å²) in [5, 5.41) is 2.94. The molecule has 0 saturated carbocycles. The number of aromatic nitrogens is 1. The Bertz CT molecular complexity index is 885. The van der Waals surface area contributed by atoms with E-state index in [2.05, 4.69) is 39.5 Å². The molecule has 0 bridgehead atoms. The molecule has 1 fully saturated rings. The summed E-state index contributed by atoms with van der Waals surface area (Å²) < 4.78 is 0. The minimum absolute atomic E-state index is 0.0157. The van der Waals surface area contributed by atoms with E-state index in [1.165, 1.54) is 12.1 Å². The maximum absolute atomic E-state index is 12.1. The molecule has 1 amide bonds. The van der Waals surface area contributed by atoms with Crippen LogP contribution >= 0.6 is 0 Å². The molecule has 1 aromatic heterocycles. The van der Waals surface area contributed by atoms with E-state index in [1.54, 1.807) is 0 Å². The van der Waals surface area contributed by atoms with Gasteiger partial charge in [0.15, 0.2) is 0 Å². The molecule has 0 radical (unpaired) electrons. The van der Waals surface area contributed by atoms with Crippen LogP contribution in [0.25, 0.3) is 11.1 Å². The van der Waals surface area contributed by atoms with E-state index < -0.39 is 0 Å². The van der Waals surface area contributed by atoms with Gasteiger partial charge in [-0.3, -0.25) is 9.78 Å². The molecule has 1 aliphatic rings. The minimum Gasteiger partial charge on any atom is -0.371 e. The first-order valence-corrected chi connectivity index (χ1v) is 9.39. The van der Waals surface area contributed by atoms with Gasteiger partial charge in [-0.25, -0.2) is 0 Å². The zero-order valence-electron chi connectivity index (χ0n) is 15.3. The Kier molecular flexibility index (Phi) is 5.15. The molecular formula is C23H23N3O. The molecule has 0 atom stereocenters. The first-order valence-electron chi connectivity index (χ1n) is 9.39. The van der Waals surface area contributed by atoms with Gasteiger partial charge in [-0.05, 0) is 35.7 Å². The van der Waals surface area contributed by atoms with Crippen LogP contribution in [0.15, 0.2) is 72.9 Å². The zero-order valence-corrected chi connectivity index (χ0v) is 15.3. The van der Waals surface area contributed by atoms with Crippen molar-refractivity contribution >= 4 is 11.6 Å². The van der Waals surface area contributed by atoms with Crippen molar-refractivity contribution < 1.29 is 4.79 Å². The summed E-state index contributed by atoms with van der Waals surface area (Å²) in [6.45, 7) is 2.85. The van der Waals surface area contributed by atoms with Crippen molar-refractivity contribution in [1.82, 2.24) is 10.3 Å². The van der Waals surface area contributed by atoms with Crippen LogP contribution in [0.4, 0.5) is 5.69 Å². The number of amides is 1. The van der Waals surface area contributed by atoms with Crippen LogP contribution in [0, 0.1) is 0 Å². The fraction of sp³-hybridized carbons (Fsp3) is 0.217. The number of hydrogen-bond acceptors (Lipinski definition) is 3. The van der Waals surface area contributed by atoms with Gasteiger partial charge in [-0.2, -0.15) is 0 Å². The molecule has 2 aromatic carbocycles. The fourth-order valence-corrected chi connectivity index (χ4v) is 3.16. The molecule has 0 unspecified atom stereocenters. The summed E-state index contributed by atoms with van der Waals surface area (Å²) in [4.78, 5) is 19.0. The van der Waals surface area contributed by atoms with Crippen LogP contribution in [0.3, 0.4) is 0 Å². The predicted octanol–water partition coefficient (Wildman–Crippen LogP) is 3.82. The lowest BCUT2D eigenvalue weighted by molar-refractivity contribution is -0.120. The number of carbonyl (C=O) groups is 1. The van der Waals surface area contributed by atoms with E-state index in [4.69, 9.17) is 0 Å². The molecule has 4 rings (SSSR count). The number of carbonyl (C=O) groups excluding carboxylic acids is 1. The second-order valence-corrected chi connectivity index (χ2v) is 6.86. The lowest BCUT2D eigenvalue weighted by atomic mass is 10.1. The van der Waals surface area contributed by atoms with Gasteiger partial charge in [0.2, 0.25) is 5.91 Å². The van der Waals surface area contributed by atoms with E-state index in [0.29, 0.717) is 13.0 Å². The Balaban J connectivity index is 1.33. The molecule has 1 N–H and O–H groups in total. The smallest absolute Gasteiger partial charge is 0.226 e. The van der Waals surface area contributed by atoms with E-state index in [1.807, 2.05) is 48.7 Å². The number of nitrogens with one attached hydrogen (secondary N) is 1. The fourth-order valence-electron chi connectivity index (χ4n) is 3.16. The van der Waals surface area contributed by atoms with Gasteiger partial charge in [-0.15, -0.1) is 0 Å². The summed E-state index contributed by atoms with van der Waals surface area (Å²) in [5.74, 6) is -0.0157. The summed E-state index contributed by atoms with van der Waals surface area (Å²) in [6, 6.07) is 22.5. The van der Waals surface area contributed by atoms with E-state index in [0.717, 1.165) is 35.5 Å². The largest absolute Gasteiger partial charge is 0.371 e. The van der Waals surface area contributed by atoms with Gasteiger partial charge in [-0.1, -0.05) is 48.5 Å². The van der Waals surface area contributed by atoms with Gasteiger partial charge in [0.25, 0.3) is 0 Å². The lowest BCUT2D eigenvalue weighted by Crippen LogP contribution is -2.36. The number of nitrogens with zero attached hydrogens (tertiary/aromatic N) is 2. The molecular weight excluding hydrogens is 334 g/mol. The zero-order chi connectivity index (χ0) is 18.5. The molecule has 136 valence electrons. The van der Waals surface area contributed by atoms with Crippen molar-refractivity contribution in [2.75, 3.05) is 18.0 Å². The molecule has 27 heavy (non-hydrogen) atoms. The minimum atomic E-state index is -0.0157. The van der Waals surface area contributed by atoms with Gasteiger partial charge < -0.3 is 10.2 Å². The van der Waals surface area contributed by atoms with Crippen molar-refractivity contribution in [3.05, 3.63) is 84.2 Å². The van der Waals surface area contributed by atoms with E-state index in [-0.39, 0.29) is 5.91 Å². The lowest BCUT2D eigenvalue weighted by Gasteiger charge is -2.33. The molecule has 0 aliphatic carbocycles. The maximum Gasteiger partial charge on any atom is 0.226 e. The third-order valence-electron chi connectivity index (χ3n) is 4.92. The topological polar surface area (TPSA) is 45.2 Å². The second kappa shape index (κ2) is 8.04. The number of hydrogen-bond donors (Lipinski definition) is 1. The Morgan fingerprint density at radius 3 is 2.30 bits per heavy atom. The highest BCUT2D eigenvalue weighted by molar-refractivity contribution is 5.78. The molecule has 4 heteroatoms. The van der Waals surface area contributed by atoms with Crippen molar-refractivity contribution in [2.24, 2.45) is 0 Å². The number of benzene rings is 2. The van der Waals surface area contributed by atoms with Crippen LogP contribution in [0.5, 0.6) is 0 Å². The summed E-state index contributed by atoms with van der Waals surface area (Å²) >= 11 is 0. The Hall–Kier alpha value is -3.14. The summed E-state index contributed by atoms with van der Waals surface area (Å²) in [7, 11) is 0. The third-order valence-corrected chi connectivity index (χ3v) is 4.92. The number of pyridine rings is 1. The molecule has 3 aromatic rings. The normalized spacial score (nSPS) is 13.1. The number of anilines is 1. The van der Waals surface area contributed by atoms with Crippen molar-refractivity contribution in [1.29, 1.82) is 0 Å². The first kappa shape index (κ1) is 17.3. The van der Waals surface area contributed by atoms with Crippen LogP contribution in [0.2, 0.25) is 0 Å². The second-order valence-electron chi connectivity index (χ2n) is 6.86. The van der Waals surface area contributed by atoms with Crippen LogP contribution in [0.1, 0.15) is 17.7 Å². The average molecular weight is 357 g/mol. The summed E-state index contributed by atoms with van der Waals surface area (Å²) in [6.07, 6.45) is 3.42.